The highest BCUT2D eigenvalue weighted by Crippen LogP contribution is 2.24. The van der Waals surface area contributed by atoms with Gasteiger partial charge in [-0.1, -0.05) is 31.0 Å². The fourth-order valence-electron chi connectivity index (χ4n) is 3.47. The van der Waals surface area contributed by atoms with Crippen molar-refractivity contribution in [2.45, 2.75) is 39.5 Å². The number of halogens is 1. The van der Waals surface area contributed by atoms with Gasteiger partial charge in [-0.3, -0.25) is 4.79 Å². The van der Waals surface area contributed by atoms with Crippen LogP contribution in [-0.4, -0.2) is 47.3 Å². The highest BCUT2D eigenvalue weighted by Gasteiger charge is 2.31. The smallest absolute Gasteiger partial charge is 0.228 e. The van der Waals surface area contributed by atoms with Crippen molar-refractivity contribution in [3.05, 3.63) is 41.0 Å². The molecule has 0 bridgehead atoms. The minimum absolute atomic E-state index is 0.112. The Morgan fingerprint density at radius 2 is 2.00 bits per heavy atom. The average Bonchev–Trinajstić information content (AvgIpc) is 3.06. The summed E-state index contributed by atoms with van der Waals surface area (Å²) in [4.78, 5) is 12.8. The van der Waals surface area contributed by atoms with Crippen molar-refractivity contribution in [3.63, 3.8) is 0 Å². The second kappa shape index (κ2) is 9.28. The second-order valence-corrected chi connectivity index (χ2v) is 9.92. The Morgan fingerprint density at radius 3 is 2.66 bits per heavy atom. The molecule has 1 aromatic heterocycles. The van der Waals surface area contributed by atoms with Crippen molar-refractivity contribution in [2.24, 2.45) is 5.92 Å². The standard InChI is InChI=1S/C20H27ClN4O3S/c1-3-4-12-29(27,28)24-10-8-16(9-11-24)20(26)22-19-13-15(2)23-25(19)18-7-5-6-17(21)14-18/h5-7,13-14,16H,3-4,8-12H2,1-2H3,(H,22,26). The number of nitrogens with zero attached hydrogens (tertiary/aromatic N) is 3. The van der Waals surface area contributed by atoms with E-state index in [1.165, 1.54) is 4.31 Å². The van der Waals surface area contributed by atoms with Gasteiger partial charge in [-0.15, -0.1) is 0 Å². The van der Waals surface area contributed by atoms with Crippen molar-refractivity contribution in [3.8, 4) is 5.69 Å². The Labute approximate surface area is 177 Å². The van der Waals surface area contributed by atoms with Crippen LogP contribution in [0.5, 0.6) is 0 Å². The molecule has 0 atom stereocenters. The van der Waals surface area contributed by atoms with Crippen molar-refractivity contribution < 1.29 is 13.2 Å². The maximum Gasteiger partial charge on any atom is 0.228 e. The Morgan fingerprint density at radius 1 is 1.28 bits per heavy atom. The molecule has 1 amide bonds. The van der Waals surface area contributed by atoms with Gasteiger partial charge in [0.1, 0.15) is 5.82 Å². The van der Waals surface area contributed by atoms with Gasteiger partial charge < -0.3 is 5.32 Å². The number of aryl methyl sites for hydroxylation is 1. The van der Waals surface area contributed by atoms with Gasteiger partial charge in [0.15, 0.2) is 0 Å². The van der Waals surface area contributed by atoms with E-state index in [2.05, 4.69) is 10.4 Å². The fraction of sp³-hybridized carbons (Fsp3) is 0.500. The Hall–Kier alpha value is -1.90. The van der Waals surface area contributed by atoms with Crippen LogP contribution in [-0.2, 0) is 14.8 Å². The number of piperidine rings is 1. The highest BCUT2D eigenvalue weighted by molar-refractivity contribution is 7.89. The van der Waals surface area contributed by atoms with Crippen molar-refractivity contribution in [1.82, 2.24) is 14.1 Å². The molecule has 1 saturated heterocycles. The first-order valence-corrected chi connectivity index (χ1v) is 11.9. The van der Waals surface area contributed by atoms with Gasteiger partial charge in [0.05, 0.1) is 17.1 Å². The maximum atomic E-state index is 12.8. The van der Waals surface area contributed by atoms with Crippen LogP contribution in [0.2, 0.25) is 5.02 Å². The fourth-order valence-corrected chi connectivity index (χ4v) is 5.34. The minimum Gasteiger partial charge on any atom is -0.310 e. The number of sulfonamides is 1. The summed E-state index contributed by atoms with van der Waals surface area (Å²) in [7, 11) is -3.22. The molecular formula is C20H27ClN4O3S. The van der Waals surface area contributed by atoms with E-state index in [0.29, 0.717) is 43.2 Å². The Kier molecular flexibility index (Phi) is 6.97. The molecule has 1 aromatic carbocycles. The molecular weight excluding hydrogens is 412 g/mol. The van der Waals surface area contributed by atoms with E-state index in [4.69, 9.17) is 11.6 Å². The molecule has 3 rings (SSSR count). The Balaban J connectivity index is 1.65. The molecule has 1 N–H and O–H groups in total. The number of amides is 1. The third-order valence-corrected chi connectivity index (χ3v) is 7.30. The van der Waals surface area contributed by atoms with Crippen LogP contribution in [0.25, 0.3) is 5.69 Å². The molecule has 2 heterocycles. The molecule has 1 aliphatic rings. The van der Waals surface area contributed by atoms with Gasteiger partial charge in [0, 0.05) is 30.1 Å². The predicted octanol–water partition coefficient (Wildman–Crippen LogP) is 3.61. The lowest BCUT2D eigenvalue weighted by atomic mass is 9.97. The molecule has 2 aromatic rings. The van der Waals surface area contributed by atoms with Crippen LogP contribution in [0.15, 0.2) is 30.3 Å². The van der Waals surface area contributed by atoms with Crippen molar-refractivity contribution in [1.29, 1.82) is 0 Å². The quantitative estimate of drug-likeness (QED) is 0.715. The summed E-state index contributed by atoms with van der Waals surface area (Å²) in [5, 5.41) is 7.99. The summed E-state index contributed by atoms with van der Waals surface area (Å²) >= 11 is 6.08. The largest absolute Gasteiger partial charge is 0.310 e. The van der Waals surface area contributed by atoms with Gasteiger partial charge in [-0.25, -0.2) is 17.4 Å². The van der Waals surface area contributed by atoms with Crippen LogP contribution >= 0.6 is 11.6 Å². The molecule has 0 saturated carbocycles. The van der Waals surface area contributed by atoms with E-state index < -0.39 is 10.0 Å². The number of rotatable bonds is 7. The lowest BCUT2D eigenvalue weighted by Crippen LogP contribution is -2.42. The second-order valence-electron chi connectivity index (χ2n) is 7.39. The minimum atomic E-state index is -3.22. The number of carbonyl (C=O) groups is 1. The van der Waals surface area contributed by atoms with E-state index in [-0.39, 0.29) is 17.6 Å². The third-order valence-electron chi connectivity index (χ3n) is 5.11. The zero-order chi connectivity index (χ0) is 21.0. The molecule has 158 valence electrons. The van der Waals surface area contributed by atoms with Gasteiger partial charge in [0.25, 0.3) is 0 Å². The molecule has 1 aliphatic heterocycles. The van der Waals surface area contributed by atoms with Crippen molar-refractivity contribution in [2.75, 3.05) is 24.2 Å². The molecule has 0 radical (unpaired) electrons. The van der Waals surface area contributed by atoms with Crippen LogP contribution in [0.1, 0.15) is 38.3 Å². The first-order valence-electron chi connectivity index (χ1n) is 9.91. The SMILES string of the molecule is CCCCS(=O)(=O)N1CCC(C(=O)Nc2cc(C)nn2-c2cccc(Cl)c2)CC1. The Bertz CT molecular complexity index is 966. The predicted molar refractivity (Wildman–Crippen MR) is 115 cm³/mol. The number of benzene rings is 1. The number of hydrogen-bond donors (Lipinski definition) is 1. The molecule has 7 nitrogen and oxygen atoms in total. The van der Waals surface area contributed by atoms with E-state index in [1.807, 2.05) is 32.0 Å². The highest BCUT2D eigenvalue weighted by atomic mass is 35.5. The van der Waals surface area contributed by atoms with Crippen LogP contribution in [0, 0.1) is 12.8 Å². The van der Waals surface area contributed by atoms with Gasteiger partial charge in [-0.2, -0.15) is 5.10 Å². The van der Waals surface area contributed by atoms with Crippen LogP contribution < -0.4 is 5.32 Å². The first-order chi connectivity index (χ1) is 13.8. The van der Waals surface area contributed by atoms with E-state index >= 15 is 0 Å². The van der Waals surface area contributed by atoms with Crippen LogP contribution in [0.3, 0.4) is 0 Å². The molecule has 0 spiro atoms. The van der Waals surface area contributed by atoms with E-state index in [9.17, 15) is 13.2 Å². The maximum absolute atomic E-state index is 12.8. The summed E-state index contributed by atoms with van der Waals surface area (Å²) < 4.78 is 27.9. The molecule has 0 aliphatic carbocycles. The van der Waals surface area contributed by atoms with E-state index in [0.717, 1.165) is 17.8 Å². The number of nitrogens with one attached hydrogen (secondary N) is 1. The monoisotopic (exact) mass is 438 g/mol. The summed E-state index contributed by atoms with van der Waals surface area (Å²) in [6.07, 6.45) is 2.54. The molecule has 0 unspecified atom stereocenters. The van der Waals surface area contributed by atoms with Gasteiger partial charge in [0.2, 0.25) is 15.9 Å². The number of unbranched alkanes of at least 4 members (excludes halogenated alkanes) is 1. The molecule has 1 fully saturated rings. The summed E-state index contributed by atoms with van der Waals surface area (Å²) in [5.74, 6) is 0.417. The molecule has 9 heteroatoms. The summed E-state index contributed by atoms with van der Waals surface area (Å²) in [6, 6.07) is 9.07. The number of aromatic nitrogens is 2. The molecule has 29 heavy (non-hydrogen) atoms. The third kappa shape index (κ3) is 5.38. The van der Waals surface area contributed by atoms with E-state index in [1.54, 1.807) is 16.8 Å². The topological polar surface area (TPSA) is 84.3 Å². The zero-order valence-electron chi connectivity index (χ0n) is 16.8. The van der Waals surface area contributed by atoms with Crippen LogP contribution in [0.4, 0.5) is 5.82 Å². The van der Waals surface area contributed by atoms with Gasteiger partial charge >= 0.3 is 0 Å². The number of carbonyl (C=O) groups excluding carboxylic acids is 1. The lowest BCUT2D eigenvalue weighted by Gasteiger charge is -2.30. The normalized spacial score (nSPS) is 16.1. The first kappa shape index (κ1) is 21.8. The summed E-state index contributed by atoms with van der Waals surface area (Å²) in [5.41, 5.74) is 1.54. The number of hydrogen-bond acceptors (Lipinski definition) is 4. The number of anilines is 1. The lowest BCUT2D eigenvalue weighted by molar-refractivity contribution is -0.120. The summed E-state index contributed by atoms with van der Waals surface area (Å²) in [6.45, 7) is 4.60. The van der Waals surface area contributed by atoms with Gasteiger partial charge in [-0.05, 0) is 44.4 Å². The zero-order valence-corrected chi connectivity index (χ0v) is 18.3. The average molecular weight is 439 g/mol. The van der Waals surface area contributed by atoms with Crippen molar-refractivity contribution >= 4 is 33.3 Å².